The van der Waals surface area contributed by atoms with Crippen molar-refractivity contribution in [2.75, 3.05) is 0 Å². The van der Waals surface area contributed by atoms with Crippen molar-refractivity contribution in [2.24, 2.45) is 0 Å². The number of thioether (sulfide) groups is 1. The molecule has 0 aliphatic rings. The summed E-state index contributed by atoms with van der Waals surface area (Å²) in [7, 11) is 0. The minimum Gasteiger partial charge on any atom is -0.238 e. The topological polar surface area (TPSA) is 12.9 Å². The molecule has 1 aromatic heterocycles. The fourth-order valence-electron chi connectivity index (χ4n) is 0.360. The number of alkyl halides is 3. The van der Waals surface area contributed by atoms with E-state index in [1.165, 1.54) is 17.5 Å². The lowest BCUT2D eigenvalue weighted by atomic mass is 11.0. The summed E-state index contributed by atoms with van der Waals surface area (Å²) in [4.78, 5) is 3.67. The van der Waals surface area contributed by atoms with E-state index in [0.29, 0.717) is 16.1 Å². The molecule has 6 heteroatoms. The van der Waals surface area contributed by atoms with Gasteiger partial charge >= 0.3 is 4.16 Å². The van der Waals surface area contributed by atoms with Gasteiger partial charge in [0.2, 0.25) is 0 Å². The Bertz CT molecular complexity index is 196. The van der Waals surface area contributed by atoms with Gasteiger partial charge in [-0.05, 0) is 11.8 Å². The number of thiazole rings is 1. The van der Waals surface area contributed by atoms with Crippen LogP contribution in [0.2, 0.25) is 0 Å². The van der Waals surface area contributed by atoms with Gasteiger partial charge in [-0.1, -0.05) is 0 Å². The molecule has 0 unspecified atom stereocenters. The monoisotopic (exact) mass is 245 g/mol. The maximum absolute atomic E-state index is 12.1. The first-order chi connectivity index (χ1) is 4.58. The molecule has 0 saturated carbocycles. The van der Waals surface area contributed by atoms with Crippen LogP contribution in [0.4, 0.5) is 8.78 Å². The maximum Gasteiger partial charge on any atom is 0.355 e. The zero-order valence-corrected chi connectivity index (χ0v) is 7.77. The Morgan fingerprint density at radius 3 is 2.80 bits per heavy atom. The third-order valence-electron chi connectivity index (χ3n) is 0.613. The van der Waals surface area contributed by atoms with Crippen molar-refractivity contribution >= 4 is 39.0 Å². The molecule has 0 radical (unpaired) electrons. The maximum atomic E-state index is 12.1. The van der Waals surface area contributed by atoms with Crippen LogP contribution in [0.1, 0.15) is 0 Å². The summed E-state index contributed by atoms with van der Waals surface area (Å²) < 4.78 is 21.7. The van der Waals surface area contributed by atoms with Gasteiger partial charge in [-0.15, -0.1) is 11.3 Å². The number of hydrogen-bond acceptors (Lipinski definition) is 3. The molecular weight excluding hydrogens is 244 g/mol. The lowest BCUT2D eigenvalue weighted by molar-refractivity contribution is 0.221. The number of hydrogen-bond donors (Lipinski definition) is 0. The van der Waals surface area contributed by atoms with E-state index >= 15 is 0 Å². The van der Waals surface area contributed by atoms with Gasteiger partial charge in [0.15, 0.2) is 4.34 Å². The molecule has 0 saturated heterocycles. The van der Waals surface area contributed by atoms with Crippen LogP contribution in [0.15, 0.2) is 15.9 Å². The Morgan fingerprint density at radius 2 is 2.40 bits per heavy atom. The van der Waals surface area contributed by atoms with Crippen LogP contribution in [-0.2, 0) is 0 Å². The van der Waals surface area contributed by atoms with Gasteiger partial charge in [-0.2, -0.15) is 8.78 Å². The summed E-state index contributed by atoms with van der Waals surface area (Å²) in [6.45, 7) is 0. The Kier molecular flexibility index (Phi) is 2.65. The molecular formula is C4H2BrF2NS2. The van der Waals surface area contributed by atoms with Crippen molar-refractivity contribution in [3.8, 4) is 0 Å². The molecule has 56 valence electrons. The third kappa shape index (κ3) is 2.94. The lowest BCUT2D eigenvalue weighted by Crippen LogP contribution is -1.94. The fraction of sp³-hybridized carbons (Fsp3) is 0.250. The summed E-state index contributed by atoms with van der Waals surface area (Å²) in [6.07, 6.45) is 1.49. The first-order valence-corrected chi connectivity index (χ1v) is 4.72. The van der Waals surface area contributed by atoms with E-state index in [2.05, 4.69) is 20.9 Å². The SMILES string of the molecule is FC(F)(Br)Sc1nccs1. The zero-order chi connectivity index (χ0) is 7.61. The molecule has 1 rings (SSSR count). The van der Waals surface area contributed by atoms with Crippen LogP contribution >= 0.6 is 39.0 Å². The minimum absolute atomic E-state index is 0.363. The van der Waals surface area contributed by atoms with Gasteiger partial charge in [0.1, 0.15) is 0 Å². The summed E-state index contributed by atoms with van der Waals surface area (Å²) in [6, 6.07) is 0. The molecule has 0 spiro atoms. The van der Waals surface area contributed by atoms with Crippen molar-refractivity contribution in [1.82, 2.24) is 4.98 Å². The number of halogens is 3. The first-order valence-electron chi connectivity index (χ1n) is 2.23. The van der Waals surface area contributed by atoms with Crippen LogP contribution < -0.4 is 0 Å². The van der Waals surface area contributed by atoms with E-state index in [0.717, 1.165) is 0 Å². The minimum atomic E-state index is -2.90. The molecule has 0 N–H and O–H groups in total. The highest BCUT2D eigenvalue weighted by atomic mass is 79.9. The van der Waals surface area contributed by atoms with Crippen LogP contribution in [0.25, 0.3) is 0 Å². The number of aromatic nitrogens is 1. The Morgan fingerprint density at radius 1 is 1.70 bits per heavy atom. The van der Waals surface area contributed by atoms with E-state index in [1.54, 1.807) is 5.38 Å². The second-order valence-corrected chi connectivity index (χ2v) is 5.12. The van der Waals surface area contributed by atoms with Crippen LogP contribution in [0.3, 0.4) is 0 Å². The largest absolute Gasteiger partial charge is 0.355 e. The Hall–Kier alpha value is 0.320. The van der Waals surface area contributed by atoms with Gasteiger partial charge in [0.25, 0.3) is 0 Å². The van der Waals surface area contributed by atoms with E-state index < -0.39 is 4.16 Å². The van der Waals surface area contributed by atoms with Crippen LogP contribution in [-0.4, -0.2) is 9.15 Å². The highest BCUT2D eigenvalue weighted by Gasteiger charge is 2.26. The first kappa shape index (κ1) is 8.42. The van der Waals surface area contributed by atoms with Crippen molar-refractivity contribution < 1.29 is 8.78 Å². The standard InChI is InChI=1S/C4H2BrF2NS2/c5-4(6,7)10-3-8-1-2-9-3/h1-2H. The summed E-state index contributed by atoms with van der Waals surface area (Å²) >= 11 is 3.79. The van der Waals surface area contributed by atoms with Gasteiger partial charge in [-0.3, -0.25) is 0 Å². The summed E-state index contributed by atoms with van der Waals surface area (Å²) in [5, 5.41) is 1.65. The van der Waals surface area contributed by atoms with E-state index in [-0.39, 0.29) is 0 Å². The molecule has 1 heterocycles. The predicted octanol–water partition coefficient (Wildman–Crippen LogP) is 3.18. The molecule has 0 atom stereocenters. The number of nitrogens with zero attached hydrogens (tertiary/aromatic N) is 1. The molecule has 0 aliphatic heterocycles. The molecule has 1 aromatic rings. The predicted molar refractivity (Wildman–Crippen MR) is 41.8 cm³/mol. The molecule has 1 nitrogen and oxygen atoms in total. The fourth-order valence-corrected chi connectivity index (χ4v) is 2.49. The van der Waals surface area contributed by atoms with E-state index in [4.69, 9.17) is 0 Å². The highest BCUT2D eigenvalue weighted by Crippen LogP contribution is 2.41. The average molecular weight is 246 g/mol. The molecule has 0 bridgehead atoms. The third-order valence-corrected chi connectivity index (χ3v) is 2.71. The second kappa shape index (κ2) is 3.15. The van der Waals surface area contributed by atoms with Crippen molar-refractivity contribution in [2.45, 2.75) is 8.50 Å². The lowest BCUT2D eigenvalue weighted by Gasteiger charge is -2.02. The van der Waals surface area contributed by atoms with Gasteiger partial charge < -0.3 is 0 Å². The quantitative estimate of drug-likeness (QED) is 0.587. The van der Waals surface area contributed by atoms with Gasteiger partial charge in [0, 0.05) is 27.5 Å². The van der Waals surface area contributed by atoms with Crippen molar-refractivity contribution in [3.05, 3.63) is 11.6 Å². The summed E-state index contributed by atoms with van der Waals surface area (Å²) in [5.41, 5.74) is 0. The highest BCUT2D eigenvalue weighted by molar-refractivity contribution is 9.11. The van der Waals surface area contributed by atoms with Gasteiger partial charge in [-0.25, -0.2) is 4.98 Å². The van der Waals surface area contributed by atoms with Crippen molar-refractivity contribution in [3.63, 3.8) is 0 Å². The molecule has 0 fully saturated rings. The molecule has 0 aromatic carbocycles. The molecule has 0 amide bonds. The molecule has 10 heavy (non-hydrogen) atoms. The van der Waals surface area contributed by atoms with E-state index in [9.17, 15) is 8.78 Å². The molecule has 0 aliphatic carbocycles. The summed E-state index contributed by atoms with van der Waals surface area (Å²) in [5.74, 6) is 0. The van der Waals surface area contributed by atoms with Gasteiger partial charge in [0.05, 0.1) is 0 Å². The average Bonchev–Trinajstić information content (AvgIpc) is 2.12. The Labute approximate surface area is 73.0 Å². The number of rotatable bonds is 2. The zero-order valence-electron chi connectivity index (χ0n) is 4.55. The van der Waals surface area contributed by atoms with Crippen LogP contribution in [0, 0.1) is 0 Å². The second-order valence-electron chi connectivity index (χ2n) is 1.35. The van der Waals surface area contributed by atoms with Crippen LogP contribution in [0.5, 0.6) is 0 Å². The van der Waals surface area contributed by atoms with Crippen molar-refractivity contribution in [1.29, 1.82) is 0 Å². The smallest absolute Gasteiger partial charge is 0.238 e. The normalized spacial score (nSPS) is 11.9. The van der Waals surface area contributed by atoms with E-state index in [1.807, 2.05) is 0 Å². The Balaban J connectivity index is 2.57.